The number of methoxy groups -OCH3 is 1. The Morgan fingerprint density at radius 2 is 2.12 bits per heavy atom. The molecule has 0 bridgehead atoms. The Labute approximate surface area is 153 Å². The van der Waals surface area contributed by atoms with Gasteiger partial charge in [0.25, 0.3) is 5.56 Å². The molecule has 0 radical (unpaired) electrons. The zero-order valence-electron chi connectivity index (χ0n) is 14.2. The van der Waals surface area contributed by atoms with Crippen molar-refractivity contribution < 1.29 is 9.15 Å². The standard InChI is InChI=1S/C19H17N3O3S/c1-24-15-9-7-14(8-10-15)21-12-20-19-22(13-21)18(23)17(26-19)6-2-4-16-5-3-11-25-16/h2-11H,12-13H2,1H3. The highest BCUT2D eigenvalue weighted by Crippen LogP contribution is 2.20. The molecule has 3 aromatic rings. The minimum absolute atomic E-state index is 0.0314. The van der Waals surface area contributed by atoms with Crippen LogP contribution in [0.15, 0.2) is 62.9 Å². The Balaban J connectivity index is 1.60. The second kappa shape index (κ2) is 7.05. The molecule has 6 nitrogen and oxygen atoms in total. The topological polar surface area (TPSA) is 60.0 Å². The van der Waals surface area contributed by atoms with Gasteiger partial charge in [0.15, 0.2) is 4.80 Å². The summed E-state index contributed by atoms with van der Waals surface area (Å²) in [5, 5.41) is 0. The molecule has 1 aromatic carbocycles. The van der Waals surface area contributed by atoms with Crippen molar-refractivity contribution in [3.8, 4) is 5.75 Å². The summed E-state index contributed by atoms with van der Waals surface area (Å²) in [6, 6.07) is 11.4. The molecular weight excluding hydrogens is 350 g/mol. The number of furan rings is 1. The Morgan fingerprint density at radius 3 is 2.85 bits per heavy atom. The van der Waals surface area contributed by atoms with Crippen molar-refractivity contribution in [2.75, 3.05) is 18.7 Å². The molecule has 0 atom stereocenters. The van der Waals surface area contributed by atoms with Crippen LogP contribution in [0.5, 0.6) is 5.75 Å². The molecule has 7 heteroatoms. The molecule has 26 heavy (non-hydrogen) atoms. The van der Waals surface area contributed by atoms with Crippen molar-refractivity contribution in [2.24, 2.45) is 4.99 Å². The van der Waals surface area contributed by atoms with Gasteiger partial charge in [-0.05, 0) is 48.6 Å². The van der Waals surface area contributed by atoms with Gasteiger partial charge in [0.2, 0.25) is 0 Å². The second-order valence-electron chi connectivity index (χ2n) is 5.70. The first-order valence-corrected chi connectivity index (χ1v) is 8.91. The number of benzene rings is 1. The van der Waals surface area contributed by atoms with E-state index >= 15 is 0 Å². The third kappa shape index (κ3) is 3.21. The monoisotopic (exact) mass is 367 g/mol. The van der Waals surface area contributed by atoms with Crippen LogP contribution >= 0.6 is 11.3 Å². The summed E-state index contributed by atoms with van der Waals surface area (Å²) >= 11 is 1.40. The summed E-state index contributed by atoms with van der Waals surface area (Å²) in [6.07, 6.45) is 7.06. The number of rotatable bonds is 4. The lowest BCUT2D eigenvalue weighted by molar-refractivity contribution is 0.414. The summed E-state index contributed by atoms with van der Waals surface area (Å²) in [5.41, 5.74) is 0.970. The van der Waals surface area contributed by atoms with Crippen molar-refractivity contribution in [3.05, 3.63) is 74.2 Å². The van der Waals surface area contributed by atoms with E-state index < -0.39 is 0 Å². The number of anilines is 1. The summed E-state index contributed by atoms with van der Waals surface area (Å²) in [5.74, 6) is 1.55. The molecule has 0 amide bonds. The van der Waals surface area contributed by atoms with Gasteiger partial charge in [0.05, 0.1) is 17.9 Å². The molecule has 3 heterocycles. The van der Waals surface area contributed by atoms with Gasteiger partial charge in [0.1, 0.15) is 24.8 Å². The van der Waals surface area contributed by atoms with Gasteiger partial charge in [-0.15, -0.1) is 0 Å². The van der Waals surface area contributed by atoms with Crippen molar-refractivity contribution in [1.29, 1.82) is 0 Å². The van der Waals surface area contributed by atoms with Crippen LogP contribution in [0.1, 0.15) is 5.76 Å². The third-order valence-electron chi connectivity index (χ3n) is 4.07. The van der Waals surface area contributed by atoms with Crippen LogP contribution in [0.25, 0.3) is 12.2 Å². The first-order valence-electron chi connectivity index (χ1n) is 8.09. The number of hydrogen-bond donors (Lipinski definition) is 0. The van der Waals surface area contributed by atoms with E-state index in [9.17, 15) is 4.79 Å². The molecule has 0 spiro atoms. The number of nitrogens with zero attached hydrogens (tertiary/aromatic N) is 3. The predicted molar refractivity (Wildman–Crippen MR) is 102 cm³/mol. The lowest BCUT2D eigenvalue weighted by atomic mass is 10.3. The van der Waals surface area contributed by atoms with E-state index in [1.165, 1.54) is 11.3 Å². The molecule has 132 valence electrons. The Hall–Kier alpha value is -3.06. The number of ether oxygens (including phenoxy) is 1. The summed E-state index contributed by atoms with van der Waals surface area (Å²) < 4.78 is 12.8. The molecule has 1 aliphatic rings. The van der Waals surface area contributed by atoms with Crippen molar-refractivity contribution in [2.45, 2.75) is 6.67 Å². The number of hydrogen-bond acceptors (Lipinski definition) is 6. The van der Waals surface area contributed by atoms with E-state index in [0.717, 1.165) is 22.0 Å². The van der Waals surface area contributed by atoms with Crippen LogP contribution in [0, 0.1) is 0 Å². The normalized spacial score (nSPS) is 14.5. The van der Waals surface area contributed by atoms with Gasteiger partial charge in [-0.2, -0.15) is 0 Å². The number of allylic oxidation sites excluding steroid dienone is 1. The Bertz CT molecular complexity index is 1090. The molecule has 0 unspecified atom stereocenters. The molecule has 0 aliphatic carbocycles. The van der Waals surface area contributed by atoms with Gasteiger partial charge in [-0.1, -0.05) is 17.4 Å². The van der Waals surface area contributed by atoms with Gasteiger partial charge in [-0.25, -0.2) is 4.99 Å². The number of fused-ring (bicyclic) bond motifs is 1. The zero-order valence-corrected chi connectivity index (χ0v) is 15.0. The zero-order chi connectivity index (χ0) is 17.9. The highest BCUT2D eigenvalue weighted by atomic mass is 32.1. The Kier molecular flexibility index (Phi) is 4.45. The van der Waals surface area contributed by atoms with E-state index in [4.69, 9.17) is 9.15 Å². The van der Waals surface area contributed by atoms with Crippen LogP contribution in [-0.2, 0) is 6.67 Å². The lowest BCUT2D eigenvalue weighted by Gasteiger charge is -2.25. The van der Waals surface area contributed by atoms with Crippen molar-refractivity contribution in [1.82, 2.24) is 4.57 Å². The molecule has 4 rings (SSSR count). The minimum Gasteiger partial charge on any atom is -0.497 e. The highest BCUT2D eigenvalue weighted by Gasteiger charge is 2.15. The fraction of sp³-hybridized carbons (Fsp3) is 0.158. The van der Waals surface area contributed by atoms with Crippen LogP contribution in [0.3, 0.4) is 0 Å². The fourth-order valence-corrected chi connectivity index (χ4v) is 3.61. The van der Waals surface area contributed by atoms with Gasteiger partial charge in [0, 0.05) is 5.69 Å². The van der Waals surface area contributed by atoms with Crippen LogP contribution in [-0.4, -0.2) is 18.3 Å². The molecular formula is C19H17N3O3S. The molecule has 0 N–H and O–H groups in total. The Morgan fingerprint density at radius 1 is 1.27 bits per heavy atom. The maximum atomic E-state index is 12.7. The smallest absolute Gasteiger partial charge is 0.271 e. The number of aromatic nitrogens is 1. The van der Waals surface area contributed by atoms with E-state index in [1.807, 2.05) is 53.5 Å². The highest BCUT2D eigenvalue weighted by molar-refractivity contribution is 7.07. The fourth-order valence-electron chi connectivity index (χ4n) is 2.70. The SMILES string of the molecule is COc1ccc(N2CN=c3sc(=CC=Cc4ccco4)c(=O)n3C2)cc1. The van der Waals surface area contributed by atoms with E-state index in [1.54, 1.807) is 24.0 Å². The van der Waals surface area contributed by atoms with Gasteiger partial charge >= 0.3 is 0 Å². The number of thiazole rings is 1. The maximum Gasteiger partial charge on any atom is 0.271 e. The van der Waals surface area contributed by atoms with E-state index in [0.29, 0.717) is 17.9 Å². The largest absolute Gasteiger partial charge is 0.497 e. The maximum absolute atomic E-state index is 12.7. The van der Waals surface area contributed by atoms with E-state index in [-0.39, 0.29) is 5.56 Å². The summed E-state index contributed by atoms with van der Waals surface area (Å²) in [7, 11) is 1.64. The van der Waals surface area contributed by atoms with Crippen molar-refractivity contribution in [3.63, 3.8) is 0 Å². The first kappa shape index (κ1) is 16.4. The minimum atomic E-state index is -0.0314. The molecule has 0 fully saturated rings. The second-order valence-corrected chi connectivity index (χ2v) is 6.71. The van der Waals surface area contributed by atoms with Gasteiger partial charge in [-0.3, -0.25) is 9.36 Å². The first-order chi connectivity index (χ1) is 12.7. The average molecular weight is 367 g/mol. The van der Waals surface area contributed by atoms with Gasteiger partial charge < -0.3 is 14.1 Å². The van der Waals surface area contributed by atoms with Crippen LogP contribution < -0.4 is 24.5 Å². The summed E-state index contributed by atoms with van der Waals surface area (Å²) in [6.45, 7) is 1.00. The van der Waals surface area contributed by atoms with Crippen LogP contribution in [0.2, 0.25) is 0 Å². The molecule has 0 saturated heterocycles. The molecule has 0 saturated carbocycles. The average Bonchev–Trinajstić information content (AvgIpc) is 3.30. The quantitative estimate of drug-likeness (QED) is 0.708. The lowest BCUT2D eigenvalue weighted by Crippen LogP contribution is -2.42. The van der Waals surface area contributed by atoms with Crippen molar-refractivity contribution >= 4 is 29.2 Å². The molecule has 1 aliphatic heterocycles. The summed E-state index contributed by atoms with van der Waals surface area (Å²) in [4.78, 5) is 20.0. The van der Waals surface area contributed by atoms with Crippen LogP contribution in [0.4, 0.5) is 5.69 Å². The van der Waals surface area contributed by atoms with E-state index in [2.05, 4.69) is 4.99 Å². The molecule has 2 aromatic heterocycles. The third-order valence-corrected chi connectivity index (χ3v) is 5.13. The predicted octanol–water partition coefficient (Wildman–Crippen LogP) is 2.06.